The van der Waals surface area contributed by atoms with Crippen molar-refractivity contribution < 1.29 is 9.05 Å². The molecule has 1 aromatic carbocycles. The summed E-state index contributed by atoms with van der Waals surface area (Å²) in [6, 6.07) is 14.0. The number of rotatable bonds is 5. The monoisotopic (exact) mass is 283 g/mol. The average Bonchev–Trinajstić information content (AvgIpc) is 3.19. The number of benzene rings is 1. The molecule has 3 aromatic rings. The number of nitrogens with zero attached hydrogens (tertiary/aromatic N) is 3. The van der Waals surface area contributed by atoms with Crippen molar-refractivity contribution in [1.29, 1.82) is 0 Å². The minimum absolute atomic E-state index is 0.147. The number of hydrogen-bond donors (Lipinski definition) is 0. The minimum atomic E-state index is 0.147. The molecule has 0 radical (unpaired) electrons. The Labute approximate surface area is 123 Å². The summed E-state index contributed by atoms with van der Waals surface area (Å²) in [4.78, 5) is 2.13. The molecule has 0 fully saturated rings. The molecule has 21 heavy (non-hydrogen) atoms. The predicted octanol–water partition coefficient (Wildman–Crippen LogP) is 3.52. The molecule has 0 bridgehead atoms. The molecule has 0 aliphatic carbocycles. The standard InChI is InChI=1S/C16H17N3O2/c1-12(15-8-9-20-17-15)19(2)11-14-10-16(18-21-14)13-6-4-3-5-7-13/h3-10,12H,11H2,1-2H3. The van der Waals surface area contributed by atoms with Crippen LogP contribution in [0.5, 0.6) is 0 Å². The van der Waals surface area contributed by atoms with Gasteiger partial charge in [-0.2, -0.15) is 0 Å². The molecule has 0 aliphatic heterocycles. The van der Waals surface area contributed by atoms with E-state index in [9.17, 15) is 0 Å². The van der Waals surface area contributed by atoms with E-state index in [-0.39, 0.29) is 6.04 Å². The van der Waals surface area contributed by atoms with Crippen LogP contribution in [-0.2, 0) is 6.54 Å². The second-order valence-corrected chi connectivity index (χ2v) is 5.06. The lowest BCUT2D eigenvalue weighted by molar-refractivity contribution is 0.213. The maximum atomic E-state index is 5.42. The van der Waals surface area contributed by atoms with Crippen molar-refractivity contribution in [2.75, 3.05) is 7.05 Å². The Morgan fingerprint density at radius 1 is 1.14 bits per heavy atom. The van der Waals surface area contributed by atoms with E-state index in [0.717, 1.165) is 22.7 Å². The zero-order valence-electron chi connectivity index (χ0n) is 12.1. The van der Waals surface area contributed by atoms with Gasteiger partial charge in [0.05, 0.1) is 12.6 Å². The molecule has 1 unspecified atom stereocenters. The summed E-state index contributed by atoms with van der Waals surface area (Å²) in [5.41, 5.74) is 2.81. The molecule has 0 N–H and O–H groups in total. The Hall–Kier alpha value is -2.40. The first-order valence-electron chi connectivity index (χ1n) is 6.85. The summed E-state index contributed by atoms with van der Waals surface area (Å²) >= 11 is 0. The highest BCUT2D eigenvalue weighted by atomic mass is 16.5. The van der Waals surface area contributed by atoms with Gasteiger partial charge in [0.25, 0.3) is 0 Å². The SMILES string of the molecule is CC(c1ccon1)N(C)Cc1cc(-c2ccccc2)no1. The summed E-state index contributed by atoms with van der Waals surface area (Å²) in [6.07, 6.45) is 1.58. The normalized spacial score (nSPS) is 12.7. The van der Waals surface area contributed by atoms with E-state index in [4.69, 9.17) is 9.05 Å². The van der Waals surface area contributed by atoms with Crippen molar-refractivity contribution in [3.05, 3.63) is 60.2 Å². The fraction of sp³-hybridized carbons (Fsp3) is 0.250. The summed E-state index contributed by atoms with van der Waals surface area (Å²) in [5.74, 6) is 0.826. The third-order valence-corrected chi connectivity index (χ3v) is 3.58. The van der Waals surface area contributed by atoms with Gasteiger partial charge < -0.3 is 9.05 Å². The van der Waals surface area contributed by atoms with Crippen LogP contribution in [0.4, 0.5) is 0 Å². The molecule has 0 saturated heterocycles. The van der Waals surface area contributed by atoms with Crippen molar-refractivity contribution in [3.8, 4) is 11.3 Å². The van der Waals surface area contributed by atoms with Gasteiger partial charge in [0.1, 0.15) is 17.7 Å². The van der Waals surface area contributed by atoms with Gasteiger partial charge in [-0.15, -0.1) is 0 Å². The van der Waals surface area contributed by atoms with Crippen LogP contribution in [-0.4, -0.2) is 22.3 Å². The maximum Gasteiger partial charge on any atom is 0.151 e. The van der Waals surface area contributed by atoms with E-state index in [1.807, 2.05) is 49.5 Å². The van der Waals surface area contributed by atoms with Gasteiger partial charge in [-0.3, -0.25) is 4.90 Å². The summed E-state index contributed by atoms with van der Waals surface area (Å²) < 4.78 is 10.3. The summed E-state index contributed by atoms with van der Waals surface area (Å²) in [6.45, 7) is 2.74. The molecule has 108 valence electrons. The van der Waals surface area contributed by atoms with E-state index in [1.165, 1.54) is 0 Å². The Balaban J connectivity index is 1.70. The topological polar surface area (TPSA) is 55.3 Å². The third kappa shape index (κ3) is 3.03. The van der Waals surface area contributed by atoms with Crippen LogP contribution in [0.15, 0.2) is 57.8 Å². The Morgan fingerprint density at radius 3 is 2.67 bits per heavy atom. The zero-order valence-corrected chi connectivity index (χ0v) is 12.1. The Kier molecular flexibility index (Phi) is 3.83. The van der Waals surface area contributed by atoms with E-state index < -0.39 is 0 Å². The third-order valence-electron chi connectivity index (χ3n) is 3.58. The lowest BCUT2D eigenvalue weighted by Gasteiger charge is -2.20. The molecule has 5 nitrogen and oxygen atoms in total. The van der Waals surface area contributed by atoms with Crippen LogP contribution < -0.4 is 0 Å². The summed E-state index contributed by atoms with van der Waals surface area (Å²) in [5, 5.41) is 8.09. The first kappa shape index (κ1) is 13.6. The Morgan fingerprint density at radius 2 is 1.95 bits per heavy atom. The molecule has 0 saturated carbocycles. The highest BCUT2D eigenvalue weighted by Gasteiger charge is 2.16. The summed E-state index contributed by atoms with van der Waals surface area (Å²) in [7, 11) is 2.02. The fourth-order valence-electron chi connectivity index (χ4n) is 2.18. The molecule has 3 rings (SSSR count). The minimum Gasteiger partial charge on any atom is -0.364 e. The first-order chi connectivity index (χ1) is 10.2. The molecule has 5 heteroatoms. The number of aromatic nitrogens is 2. The quantitative estimate of drug-likeness (QED) is 0.717. The van der Waals surface area contributed by atoms with Crippen LogP contribution in [0.3, 0.4) is 0 Å². The van der Waals surface area contributed by atoms with Crippen molar-refractivity contribution in [3.63, 3.8) is 0 Å². The van der Waals surface area contributed by atoms with E-state index in [0.29, 0.717) is 6.54 Å². The molecule has 0 amide bonds. The van der Waals surface area contributed by atoms with Gasteiger partial charge in [0.15, 0.2) is 5.76 Å². The first-order valence-corrected chi connectivity index (χ1v) is 6.85. The smallest absolute Gasteiger partial charge is 0.151 e. The van der Waals surface area contributed by atoms with Crippen LogP contribution >= 0.6 is 0 Å². The highest BCUT2D eigenvalue weighted by molar-refractivity contribution is 5.58. The van der Waals surface area contributed by atoms with Gasteiger partial charge >= 0.3 is 0 Å². The zero-order chi connectivity index (χ0) is 14.7. The van der Waals surface area contributed by atoms with E-state index in [2.05, 4.69) is 22.1 Å². The second-order valence-electron chi connectivity index (χ2n) is 5.06. The lowest BCUT2D eigenvalue weighted by Crippen LogP contribution is -2.21. The molecule has 0 aliphatic rings. The molecular formula is C16H17N3O2. The number of hydrogen-bond acceptors (Lipinski definition) is 5. The van der Waals surface area contributed by atoms with E-state index in [1.54, 1.807) is 6.26 Å². The molecule has 2 heterocycles. The van der Waals surface area contributed by atoms with Gasteiger partial charge in [-0.05, 0) is 14.0 Å². The maximum absolute atomic E-state index is 5.42. The van der Waals surface area contributed by atoms with Crippen LogP contribution in [0.2, 0.25) is 0 Å². The van der Waals surface area contributed by atoms with E-state index >= 15 is 0 Å². The molecular weight excluding hydrogens is 266 g/mol. The van der Waals surface area contributed by atoms with Crippen LogP contribution in [0, 0.1) is 0 Å². The Bertz CT molecular complexity index is 677. The van der Waals surface area contributed by atoms with Gasteiger partial charge in [-0.25, -0.2) is 0 Å². The molecule has 0 spiro atoms. The fourth-order valence-corrected chi connectivity index (χ4v) is 2.18. The molecule has 2 aromatic heterocycles. The largest absolute Gasteiger partial charge is 0.364 e. The van der Waals surface area contributed by atoms with Crippen LogP contribution in [0.1, 0.15) is 24.4 Å². The van der Waals surface area contributed by atoms with Crippen LogP contribution in [0.25, 0.3) is 11.3 Å². The van der Waals surface area contributed by atoms with Crippen molar-refractivity contribution in [2.45, 2.75) is 19.5 Å². The van der Waals surface area contributed by atoms with Crippen molar-refractivity contribution in [1.82, 2.24) is 15.2 Å². The van der Waals surface area contributed by atoms with Gasteiger partial charge in [-0.1, -0.05) is 40.6 Å². The lowest BCUT2D eigenvalue weighted by atomic mass is 10.1. The van der Waals surface area contributed by atoms with Crippen molar-refractivity contribution in [2.24, 2.45) is 0 Å². The molecule has 1 atom stereocenters. The second kappa shape index (κ2) is 5.93. The average molecular weight is 283 g/mol. The highest BCUT2D eigenvalue weighted by Crippen LogP contribution is 2.22. The predicted molar refractivity (Wildman–Crippen MR) is 78.3 cm³/mol. The van der Waals surface area contributed by atoms with Gasteiger partial charge in [0.2, 0.25) is 0 Å². The van der Waals surface area contributed by atoms with Crippen molar-refractivity contribution >= 4 is 0 Å². The van der Waals surface area contributed by atoms with Gasteiger partial charge in [0, 0.05) is 17.7 Å².